The molecular weight excluding hydrogens is 343 g/mol. The highest BCUT2D eigenvalue weighted by molar-refractivity contribution is 5.94. The Kier molecular flexibility index (Phi) is 5.49. The second kappa shape index (κ2) is 7.81. The van der Waals surface area contributed by atoms with Gasteiger partial charge in [0.2, 0.25) is 0 Å². The van der Waals surface area contributed by atoms with Crippen molar-refractivity contribution in [3.05, 3.63) is 65.7 Å². The van der Waals surface area contributed by atoms with E-state index in [0.29, 0.717) is 17.9 Å². The molecule has 138 valence electrons. The monoisotopic (exact) mass is 363 g/mol. The highest BCUT2D eigenvalue weighted by Crippen LogP contribution is 2.34. The minimum absolute atomic E-state index is 0.0422. The largest absolute Gasteiger partial charge is 0.489 e. The van der Waals surface area contributed by atoms with Gasteiger partial charge in [0.15, 0.2) is 0 Å². The zero-order valence-corrected chi connectivity index (χ0v) is 14.2. The van der Waals surface area contributed by atoms with Gasteiger partial charge in [0, 0.05) is 18.7 Å². The second-order valence-corrected chi connectivity index (χ2v) is 6.41. The van der Waals surface area contributed by atoms with Gasteiger partial charge in [-0.3, -0.25) is 4.79 Å². The third-order valence-electron chi connectivity index (χ3n) is 4.57. The maximum Gasteiger partial charge on any atom is 0.391 e. The number of carbonyl (C=O) groups is 1. The van der Waals surface area contributed by atoms with Crippen LogP contribution in [0.4, 0.5) is 13.2 Å². The number of hydrogen-bond acceptors (Lipinski definition) is 2. The summed E-state index contributed by atoms with van der Waals surface area (Å²) in [6.45, 7) is 0.631. The van der Waals surface area contributed by atoms with E-state index in [1.165, 1.54) is 4.90 Å². The van der Waals surface area contributed by atoms with Gasteiger partial charge in [-0.05, 0) is 36.6 Å². The molecule has 0 radical (unpaired) electrons. The average Bonchev–Trinajstić information content (AvgIpc) is 2.66. The van der Waals surface area contributed by atoms with E-state index in [1.807, 2.05) is 30.3 Å². The van der Waals surface area contributed by atoms with Gasteiger partial charge in [-0.1, -0.05) is 36.4 Å². The first-order chi connectivity index (χ1) is 12.4. The number of rotatable bonds is 4. The Morgan fingerprint density at radius 1 is 1.04 bits per heavy atom. The number of amides is 1. The van der Waals surface area contributed by atoms with Gasteiger partial charge >= 0.3 is 6.18 Å². The molecule has 6 heteroatoms. The lowest BCUT2D eigenvalue weighted by molar-refractivity contribution is -0.183. The van der Waals surface area contributed by atoms with Gasteiger partial charge in [0.1, 0.15) is 12.4 Å². The molecule has 1 fully saturated rings. The summed E-state index contributed by atoms with van der Waals surface area (Å²) in [6, 6.07) is 16.4. The summed E-state index contributed by atoms with van der Waals surface area (Å²) in [5.74, 6) is -1.01. The number of piperidine rings is 1. The van der Waals surface area contributed by atoms with Crippen molar-refractivity contribution in [2.45, 2.75) is 25.6 Å². The van der Waals surface area contributed by atoms with Crippen molar-refractivity contribution in [3.63, 3.8) is 0 Å². The second-order valence-electron chi connectivity index (χ2n) is 6.41. The molecule has 1 saturated heterocycles. The molecule has 26 heavy (non-hydrogen) atoms. The molecule has 0 bridgehead atoms. The normalized spacial score (nSPS) is 15.7. The predicted molar refractivity (Wildman–Crippen MR) is 91.9 cm³/mol. The van der Waals surface area contributed by atoms with E-state index in [4.69, 9.17) is 4.74 Å². The Labute approximate surface area is 150 Å². The number of likely N-dealkylation sites (tertiary alicyclic amines) is 1. The van der Waals surface area contributed by atoms with Gasteiger partial charge < -0.3 is 9.64 Å². The molecule has 0 aromatic heterocycles. The fourth-order valence-corrected chi connectivity index (χ4v) is 3.05. The zero-order chi connectivity index (χ0) is 18.6. The molecule has 0 spiro atoms. The topological polar surface area (TPSA) is 29.5 Å². The fourth-order valence-electron chi connectivity index (χ4n) is 3.05. The number of ether oxygens (including phenoxy) is 1. The van der Waals surface area contributed by atoms with Gasteiger partial charge in [-0.2, -0.15) is 13.2 Å². The molecule has 1 heterocycles. The maximum atomic E-state index is 12.8. The number of carbonyl (C=O) groups excluding carboxylic acids is 1. The highest BCUT2D eigenvalue weighted by Gasteiger charge is 2.41. The number of alkyl halides is 3. The molecule has 3 nitrogen and oxygen atoms in total. The smallest absolute Gasteiger partial charge is 0.391 e. The summed E-state index contributed by atoms with van der Waals surface area (Å²) >= 11 is 0. The summed E-state index contributed by atoms with van der Waals surface area (Å²) in [4.78, 5) is 14.1. The molecule has 1 aliphatic heterocycles. The number of nitrogens with zero attached hydrogens (tertiary/aromatic N) is 1. The molecule has 0 saturated carbocycles. The fraction of sp³-hybridized carbons (Fsp3) is 0.350. The lowest BCUT2D eigenvalue weighted by Crippen LogP contribution is -2.42. The van der Waals surface area contributed by atoms with Gasteiger partial charge in [-0.15, -0.1) is 0 Å². The summed E-state index contributed by atoms with van der Waals surface area (Å²) < 4.78 is 44.0. The Hall–Kier alpha value is -2.50. The maximum absolute atomic E-state index is 12.8. The van der Waals surface area contributed by atoms with Crippen LogP contribution in [0.2, 0.25) is 0 Å². The van der Waals surface area contributed by atoms with Crippen molar-refractivity contribution in [1.82, 2.24) is 4.90 Å². The van der Waals surface area contributed by atoms with E-state index < -0.39 is 12.1 Å². The van der Waals surface area contributed by atoms with Crippen LogP contribution in [0.15, 0.2) is 54.6 Å². The van der Waals surface area contributed by atoms with Crippen molar-refractivity contribution in [2.24, 2.45) is 5.92 Å². The minimum atomic E-state index is -4.18. The van der Waals surface area contributed by atoms with E-state index >= 15 is 0 Å². The van der Waals surface area contributed by atoms with E-state index in [-0.39, 0.29) is 31.8 Å². The van der Waals surface area contributed by atoms with Crippen molar-refractivity contribution < 1.29 is 22.7 Å². The molecule has 1 amide bonds. The van der Waals surface area contributed by atoms with Crippen molar-refractivity contribution in [3.8, 4) is 5.75 Å². The zero-order valence-electron chi connectivity index (χ0n) is 14.2. The van der Waals surface area contributed by atoms with Crippen LogP contribution in [0.1, 0.15) is 28.8 Å². The molecule has 1 aliphatic rings. The van der Waals surface area contributed by atoms with Crippen LogP contribution in [0.5, 0.6) is 5.75 Å². The van der Waals surface area contributed by atoms with Crippen molar-refractivity contribution in [1.29, 1.82) is 0 Å². The minimum Gasteiger partial charge on any atom is -0.489 e. The summed E-state index contributed by atoms with van der Waals surface area (Å²) in [5, 5.41) is 0. The summed E-state index contributed by atoms with van der Waals surface area (Å²) in [7, 11) is 0. The Morgan fingerprint density at radius 2 is 1.73 bits per heavy atom. The predicted octanol–water partition coefficient (Wildman–Crippen LogP) is 4.68. The summed E-state index contributed by atoms with van der Waals surface area (Å²) in [5.41, 5.74) is 1.44. The molecular formula is C20H20F3NO2. The van der Waals surface area contributed by atoms with Crippen LogP contribution < -0.4 is 4.74 Å². The third kappa shape index (κ3) is 4.56. The first-order valence-electron chi connectivity index (χ1n) is 8.56. The van der Waals surface area contributed by atoms with Gasteiger partial charge in [0.25, 0.3) is 5.91 Å². The lowest BCUT2D eigenvalue weighted by atomic mass is 9.96. The lowest BCUT2D eigenvalue weighted by Gasteiger charge is -2.33. The standard InChI is InChI=1S/C20H20F3NO2/c21-20(22,23)17-9-11-24(12-10-17)19(25)16-7-4-8-18(13-16)26-14-15-5-2-1-3-6-15/h1-8,13,17H,9-12,14H2. The van der Waals surface area contributed by atoms with Crippen LogP contribution in [-0.4, -0.2) is 30.1 Å². The average molecular weight is 363 g/mol. The van der Waals surface area contributed by atoms with Crippen LogP contribution in [0.3, 0.4) is 0 Å². The van der Waals surface area contributed by atoms with E-state index in [2.05, 4.69) is 0 Å². The number of benzene rings is 2. The van der Waals surface area contributed by atoms with Crippen molar-refractivity contribution >= 4 is 5.91 Å². The third-order valence-corrected chi connectivity index (χ3v) is 4.57. The van der Waals surface area contributed by atoms with Crippen LogP contribution in [0.25, 0.3) is 0 Å². The van der Waals surface area contributed by atoms with E-state index in [0.717, 1.165) is 5.56 Å². The van der Waals surface area contributed by atoms with E-state index in [9.17, 15) is 18.0 Å². The Balaban J connectivity index is 1.60. The first-order valence-corrected chi connectivity index (χ1v) is 8.56. The molecule has 0 N–H and O–H groups in total. The molecule has 2 aromatic carbocycles. The molecule has 3 rings (SSSR count). The molecule has 0 aliphatic carbocycles. The van der Waals surface area contributed by atoms with Crippen LogP contribution in [0, 0.1) is 5.92 Å². The Morgan fingerprint density at radius 3 is 2.38 bits per heavy atom. The Bertz CT molecular complexity index is 738. The first kappa shape index (κ1) is 18.3. The highest BCUT2D eigenvalue weighted by atomic mass is 19.4. The summed E-state index contributed by atoms with van der Waals surface area (Å²) in [6.07, 6.45) is -4.26. The molecule has 0 unspecified atom stereocenters. The van der Waals surface area contributed by atoms with Gasteiger partial charge in [-0.25, -0.2) is 0 Å². The number of halogens is 3. The molecule has 0 atom stereocenters. The molecule has 2 aromatic rings. The quantitative estimate of drug-likeness (QED) is 0.789. The number of hydrogen-bond donors (Lipinski definition) is 0. The van der Waals surface area contributed by atoms with Crippen LogP contribution in [-0.2, 0) is 6.61 Å². The SMILES string of the molecule is O=C(c1cccc(OCc2ccccc2)c1)N1CCC(C(F)(F)F)CC1. The van der Waals surface area contributed by atoms with Gasteiger partial charge in [0.05, 0.1) is 5.92 Å². The van der Waals surface area contributed by atoms with Crippen molar-refractivity contribution in [2.75, 3.05) is 13.1 Å². The van der Waals surface area contributed by atoms with Crippen LogP contribution >= 0.6 is 0 Å². The van der Waals surface area contributed by atoms with E-state index in [1.54, 1.807) is 24.3 Å².